The second-order valence-corrected chi connectivity index (χ2v) is 3.80. The van der Waals surface area contributed by atoms with E-state index in [4.69, 9.17) is 5.73 Å². The molecule has 0 atom stereocenters. The van der Waals surface area contributed by atoms with Gasteiger partial charge in [-0.3, -0.25) is 4.84 Å². The Morgan fingerprint density at radius 2 is 1.94 bits per heavy atom. The van der Waals surface area contributed by atoms with Crippen molar-refractivity contribution in [2.75, 3.05) is 11.7 Å². The van der Waals surface area contributed by atoms with Gasteiger partial charge in [-0.2, -0.15) is 0 Å². The van der Waals surface area contributed by atoms with Crippen LogP contribution in [0.3, 0.4) is 0 Å². The maximum absolute atomic E-state index is 11.1. The minimum absolute atomic E-state index is 0.145. The van der Waals surface area contributed by atoms with Gasteiger partial charge < -0.3 is 10.5 Å². The molecule has 2 N–H and O–H groups in total. The number of amides is 2. The number of nitrogens with zero attached hydrogens (tertiary/aromatic N) is 1. The van der Waals surface area contributed by atoms with Gasteiger partial charge in [0.15, 0.2) is 0 Å². The van der Waals surface area contributed by atoms with Gasteiger partial charge in [0.25, 0.3) is 0 Å². The molecule has 0 bridgehead atoms. The summed E-state index contributed by atoms with van der Waals surface area (Å²) in [7, 11) is 0. The van der Waals surface area contributed by atoms with Crippen molar-refractivity contribution in [2.45, 2.75) is 6.92 Å². The largest absolute Gasteiger partial charge is 0.533 e. The number of halogens is 1. The van der Waals surface area contributed by atoms with E-state index in [1.807, 2.05) is 0 Å². The van der Waals surface area contributed by atoms with Crippen LogP contribution < -0.4 is 10.8 Å². The summed E-state index contributed by atoms with van der Waals surface area (Å²) in [5.74, 6) is 0. The SMILES string of the molecule is CCOC(=O)ON(C(N)=O)c1ccc(Br)cc1. The summed E-state index contributed by atoms with van der Waals surface area (Å²) < 4.78 is 5.37. The maximum Gasteiger partial charge on any atom is 0.533 e. The van der Waals surface area contributed by atoms with Crippen LogP contribution in [0.25, 0.3) is 0 Å². The molecule has 0 aromatic heterocycles. The number of primary amides is 1. The normalized spacial score (nSPS) is 9.53. The van der Waals surface area contributed by atoms with E-state index < -0.39 is 12.2 Å². The molecule has 6 nitrogen and oxygen atoms in total. The Kier molecular flexibility index (Phi) is 4.77. The second kappa shape index (κ2) is 6.09. The van der Waals surface area contributed by atoms with Gasteiger partial charge >= 0.3 is 12.2 Å². The zero-order valence-corrected chi connectivity index (χ0v) is 10.6. The summed E-state index contributed by atoms with van der Waals surface area (Å²) in [5.41, 5.74) is 5.42. The molecule has 1 rings (SSSR count). The number of anilines is 1. The number of urea groups is 1. The Hall–Kier alpha value is -1.76. The molecule has 0 radical (unpaired) electrons. The van der Waals surface area contributed by atoms with Crippen LogP contribution in [0, 0.1) is 0 Å². The Morgan fingerprint density at radius 3 is 2.41 bits per heavy atom. The first-order chi connectivity index (χ1) is 8.04. The number of rotatable bonds is 2. The van der Waals surface area contributed by atoms with E-state index in [-0.39, 0.29) is 6.61 Å². The lowest BCUT2D eigenvalue weighted by Gasteiger charge is -2.18. The van der Waals surface area contributed by atoms with E-state index in [1.165, 1.54) is 0 Å². The molecule has 0 aliphatic rings. The minimum atomic E-state index is -0.991. The maximum atomic E-state index is 11.1. The van der Waals surface area contributed by atoms with E-state index in [9.17, 15) is 9.59 Å². The fourth-order valence-corrected chi connectivity index (χ4v) is 1.28. The number of carbonyl (C=O) groups is 2. The van der Waals surface area contributed by atoms with Gasteiger partial charge in [0.2, 0.25) is 0 Å². The highest BCUT2D eigenvalue weighted by atomic mass is 79.9. The third-order valence-corrected chi connectivity index (χ3v) is 2.22. The summed E-state index contributed by atoms with van der Waals surface area (Å²) in [6.45, 7) is 1.77. The predicted octanol–water partition coefficient (Wildman–Crippen LogP) is 2.42. The van der Waals surface area contributed by atoms with Crippen LogP contribution >= 0.6 is 15.9 Å². The van der Waals surface area contributed by atoms with Gasteiger partial charge in [0.1, 0.15) is 0 Å². The van der Waals surface area contributed by atoms with Crippen molar-refractivity contribution in [2.24, 2.45) is 5.73 Å². The van der Waals surface area contributed by atoms with E-state index in [0.717, 1.165) is 4.47 Å². The lowest BCUT2D eigenvalue weighted by atomic mass is 10.3. The Balaban J connectivity index is 2.82. The molecule has 1 aromatic carbocycles. The molecule has 0 saturated carbocycles. The van der Waals surface area contributed by atoms with Crippen LogP contribution in [0.15, 0.2) is 28.7 Å². The highest BCUT2D eigenvalue weighted by Gasteiger charge is 2.18. The highest BCUT2D eigenvalue weighted by Crippen LogP contribution is 2.18. The number of nitrogens with two attached hydrogens (primary N) is 1. The molecule has 0 spiro atoms. The molecule has 0 saturated heterocycles. The van der Waals surface area contributed by atoms with E-state index in [1.54, 1.807) is 31.2 Å². The summed E-state index contributed by atoms with van der Waals surface area (Å²) >= 11 is 3.24. The van der Waals surface area contributed by atoms with Crippen LogP contribution in [0.2, 0.25) is 0 Å². The lowest BCUT2D eigenvalue weighted by Crippen LogP contribution is -2.37. The smallest absolute Gasteiger partial charge is 0.433 e. The average Bonchev–Trinajstić information content (AvgIpc) is 2.27. The molecule has 17 heavy (non-hydrogen) atoms. The summed E-state index contributed by atoms with van der Waals surface area (Å²) in [5, 5.41) is 0.657. The molecule has 2 amide bonds. The van der Waals surface area contributed by atoms with Gasteiger partial charge in [0, 0.05) is 4.47 Å². The number of hydroxylamine groups is 1. The number of carbonyl (C=O) groups excluding carboxylic acids is 2. The first kappa shape index (κ1) is 13.3. The zero-order chi connectivity index (χ0) is 12.8. The number of benzene rings is 1. The molecule has 0 aliphatic heterocycles. The first-order valence-electron chi connectivity index (χ1n) is 4.74. The van der Waals surface area contributed by atoms with Crippen LogP contribution in [0.1, 0.15) is 6.92 Å². The van der Waals surface area contributed by atoms with E-state index in [0.29, 0.717) is 10.8 Å². The van der Waals surface area contributed by atoms with E-state index >= 15 is 0 Å². The topological polar surface area (TPSA) is 81.9 Å². The van der Waals surface area contributed by atoms with Crippen LogP contribution in [-0.2, 0) is 9.57 Å². The Bertz CT molecular complexity index is 407. The Morgan fingerprint density at radius 1 is 1.35 bits per heavy atom. The molecule has 0 fully saturated rings. The quantitative estimate of drug-likeness (QED) is 0.672. The van der Waals surface area contributed by atoms with Crippen molar-refractivity contribution in [1.29, 1.82) is 0 Å². The lowest BCUT2D eigenvalue weighted by molar-refractivity contribution is 0.0560. The van der Waals surface area contributed by atoms with Crippen molar-refractivity contribution < 1.29 is 19.2 Å². The summed E-state index contributed by atoms with van der Waals surface area (Å²) in [4.78, 5) is 26.9. The first-order valence-corrected chi connectivity index (χ1v) is 5.53. The molecule has 0 heterocycles. The van der Waals surface area contributed by atoms with Crippen molar-refractivity contribution in [3.63, 3.8) is 0 Å². The molecule has 0 unspecified atom stereocenters. The van der Waals surface area contributed by atoms with Gasteiger partial charge in [-0.15, -0.1) is 5.06 Å². The second-order valence-electron chi connectivity index (χ2n) is 2.88. The van der Waals surface area contributed by atoms with Gasteiger partial charge in [0.05, 0.1) is 12.3 Å². The van der Waals surface area contributed by atoms with E-state index in [2.05, 4.69) is 25.5 Å². The predicted molar refractivity (Wildman–Crippen MR) is 64.3 cm³/mol. The molecular formula is C10H11BrN2O4. The third-order valence-electron chi connectivity index (χ3n) is 1.69. The molecule has 1 aromatic rings. The van der Waals surface area contributed by atoms with Crippen molar-refractivity contribution in [3.8, 4) is 0 Å². The van der Waals surface area contributed by atoms with Crippen molar-refractivity contribution >= 4 is 33.8 Å². The van der Waals surface area contributed by atoms with Crippen LogP contribution in [-0.4, -0.2) is 18.8 Å². The molecular weight excluding hydrogens is 292 g/mol. The standard InChI is InChI=1S/C10H11BrN2O4/c1-2-16-10(15)17-13(9(12)14)8-5-3-7(11)4-6-8/h3-6H,2H2,1H3,(H2,12,14). The van der Waals surface area contributed by atoms with Gasteiger partial charge in [-0.1, -0.05) is 15.9 Å². The minimum Gasteiger partial charge on any atom is -0.433 e. The van der Waals surface area contributed by atoms with Crippen LogP contribution in [0.5, 0.6) is 0 Å². The Labute approximate surface area is 106 Å². The van der Waals surface area contributed by atoms with Crippen molar-refractivity contribution in [3.05, 3.63) is 28.7 Å². The van der Waals surface area contributed by atoms with Crippen molar-refractivity contribution in [1.82, 2.24) is 0 Å². The third kappa shape index (κ3) is 3.95. The summed E-state index contributed by atoms with van der Waals surface area (Å²) in [6.07, 6.45) is -0.991. The average molecular weight is 303 g/mol. The monoisotopic (exact) mass is 302 g/mol. The van der Waals surface area contributed by atoms with Gasteiger partial charge in [-0.25, -0.2) is 9.59 Å². The number of ether oxygens (including phenoxy) is 1. The van der Waals surface area contributed by atoms with Gasteiger partial charge in [-0.05, 0) is 31.2 Å². The number of hydrogen-bond acceptors (Lipinski definition) is 4. The highest BCUT2D eigenvalue weighted by molar-refractivity contribution is 9.10. The van der Waals surface area contributed by atoms with Crippen LogP contribution in [0.4, 0.5) is 15.3 Å². The number of hydrogen-bond donors (Lipinski definition) is 1. The molecule has 92 valence electrons. The fourth-order valence-electron chi connectivity index (χ4n) is 1.02. The summed E-state index contributed by atoms with van der Waals surface area (Å²) in [6, 6.07) is 5.57. The molecule has 0 aliphatic carbocycles. The molecule has 7 heteroatoms. The fraction of sp³-hybridized carbons (Fsp3) is 0.200. The zero-order valence-electron chi connectivity index (χ0n) is 9.05.